The van der Waals surface area contributed by atoms with Gasteiger partial charge in [-0.25, -0.2) is 0 Å². The van der Waals surface area contributed by atoms with Crippen molar-refractivity contribution in [2.75, 3.05) is 0 Å². The van der Waals surface area contributed by atoms with Crippen LogP contribution >= 0.6 is 0 Å². The van der Waals surface area contributed by atoms with Crippen LogP contribution in [0.15, 0.2) is 22.9 Å². The largest absolute Gasteiger partial charge is 0.259 e. The molecule has 0 heterocycles. The summed E-state index contributed by atoms with van der Waals surface area (Å²) in [6.45, 7) is 3.93. The Balaban J connectivity index is 2.89. The van der Waals surface area contributed by atoms with Gasteiger partial charge in [0, 0.05) is 12.5 Å². The minimum absolute atomic E-state index is 0.296. The summed E-state index contributed by atoms with van der Waals surface area (Å²) in [7, 11) is 0. The van der Waals surface area contributed by atoms with Crippen LogP contribution in [0.2, 0.25) is 0 Å². The monoisotopic (exact) mass is 153 g/mol. The Morgan fingerprint density at radius 3 is 2.55 bits per heavy atom. The average molecular weight is 153 g/mol. The number of nitro groups is 1. The summed E-state index contributed by atoms with van der Waals surface area (Å²) in [6, 6.07) is 0. The van der Waals surface area contributed by atoms with Gasteiger partial charge in [-0.3, -0.25) is 10.1 Å². The van der Waals surface area contributed by atoms with Gasteiger partial charge in [0.1, 0.15) is 0 Å². The third kappa shape index (κ3) is 1.67. The van der Waals surface area contributed by atoms with Crippen LogP contribution in [0.5, 0.6) is 0 Å². The molecule has 0 fully saturated rings. The molecule has 0 radical (unpaired) electrons. The fourth-order valence-electron chi connectivity index (χ4n) is 1.10. The van der Waals surface area contributed by atoms with Gasteiger partial charge in [0.15, 0.2) is 0 Å². The molecular formula is C8H11NO2. The molecule has 0 aromatic rings. The Morgan fingerprint density at radius 2 is 2.09 bits per heavy atom. The summed E-state index contributed by atoms with van der Waals surface area (Å²) in [5.41, 5.74) is 2.65. The molecule has 0 amide bonds. The van der Waals surface area contributed by atoms with E-state index in [1.807, 2.05) is 13.8 Å². The Kier molecular flexibility index (Phi) is 2.08. The fraction of sp³-hybridized carbons (Fsp3) is 0.500. The van der Waals surface area contributed by atoms with Crippen molar-refractivity contribution >= 4 is 0 Å². The minimum atomic E-state index is -0.296. The summed E-state index contributed by atoms with van der Waals surface area (Å²) in [4.78, 5) is 10.0. The molecule has 11 heavy (non-hydrogen) atoms. The number of nitrogens with zero attached hydrogens (tertiary/aromatic N) is 1. The standard InChI is InChI=1S/C8H11NO2/c1-6-3-4-8(9(10)11)5-7(6)2/h5H,3-4H2,1-2H3. The van der Waals surface area contributed by atoms with E-state index in [0.29, 0.717) is 12.1 Å². The molecular weight excluding hydrogens is 142 g/mol. The molecule has 1 aliphatic rings. The van der Waals surface area contributed by atoms with Crippen molar-refractivity contribution in [1.29, 1.82) is 0 Å². The Morgan fingerprint density at radius 1 is 1.45 bits per heavy atom. The SMILES string of the molecule is CC1=C(C)CCC([N+](=O)[O-])=C1. The van der Waals surface area contributed by atoms with Gasteiger partial charge >= 0.3 is 0 Å². The number of hydrogen-bond donors (Lipinski definition) is 0. The van der Waals surface area contributed by atoms with Crippen LogP contribution in [0.1, 0.15) is 26.7 Å². The highest BCUT2D eigenvalue weighted by atomic mass is 16.6. The minimum Gasteiger partial charge on any atom is -0.259 e. The number of hydrogen-bond acceptors (Lipinski definition) is 2. The first-order valence-corrected chi connectivity index (χ1v) is 3.62. The van der Waals surface area contributed by atoms with Gasteiger partial charge in [0.2, 0.25) is 5.70 Å². The first-order chi connectivity index (χ1) is 5.11. The first-order valence-electron chi connectivity index (χ1n) is 3.62. The molecule has 0 aromatic heterocycles. The predicted molar refractivity (Wildman–Crippen MR) is 42.7 cm³/mol. The smallest absolute Gasteiger partial charge is 0.246 e. The van der Waals surface area contributed by atoms with Crippen molar-refractivity contribution < 1.29 is 4.92 Å². The van der Waals surface area contributed by atoms with Crippen molar-refractivity contribution in [2.24, 2.45) is 0 Å². The highest BCUT2D eigenvalue weighted by Crippen LogP contribution is 2.22. The maximum atomic E-state index is 10.3. The van der Waals surface area contributed by atoms with Crippen LogP contribution in [0, 0.1) is 10.1 Å². The molecule has 1 aliphatic carbocycles. The molecule has 3 heteroatoms. The van der Waals surface area contributed by atoms with Crippen LogP contribution in [0.4, 0.5) is 0 Å². The maximum Gasteiger partial charge on any atom is 0.246 e. The van der Waals surface area contributed by atoms with Gasteiger partial charge < -0.3 is 0 Å². The lowest BCUT2D eigenvalue weighted by Gasteiger charge is -2.08. The van der Waals surface area contributed by atoms with E-state index in [1.165, 1.54) is 5.57 Å². The Bertz CT molecular complexity index is 251. The molecule has 0 spiro atoms. The lowest BCUT2D eigenvalue weighted by atomic mass is 9.98. The summed E-state index contributed by atoms with van der Waals surface area (Å²) in [6.07, 6.45) is 3.08. The predicted octanol–water partition coefficient (Wildman–Crippen LogP) is 2.28. The lowest BCUT2D eigenvalue weighted by Crippen LogP contribution is -2.03. The van der Waals surface area contributed by atoms with Gasteiger partial charge in [0.25, 0.3) is 0 Å². The van der Waals surface area contributed by atoms with E-state index in [2.05, 4.69) is 0 Å². The van der Waals surface area contributed by atoms with Gasteiger partial charge in [0.05, 0.1) is 4.92 Å². The molecule has 0 aromatic carbocycles. The second kappa shape index (κ2) is 2.86. The van der Waals surface area contributed by atoms with Crippen molar-refractivity contribution in [2.45, 2.75) is 26.7 Å². The zero-order valence-corrected chi connectivity index (χ0v) is 6.76. The molecule has 1 rings (SSSR count). The lowest BCUT2D eigenvalue weighted by molar-refractivity contribution is -0.428. The fourth-order valence-corrected chi connectivity index (χ4v) is 1.10. The van der Waals surface area contributed by atoms with E-state index in [1.54, 1.807) is 6.08 Å². The van der Waals surface area contributed by atoms with E-state index in [-0.39, 0.29) is 4.92 Å². The van der Waals surface area contributed by atoms with Crippen molar-refractivity contribution in [3.63, 3.8) is 0 Å². The van der Waals surface area contributed by atoms with Crippen molar-refractivity contribution in [3.8, 4) is 0 Å². The van der Waals surface area contributed by atoms with Crippen LogP contribution in [-0.4, -0.2) is 4.92 Å². The summed E-state index contributed by atoms with van der Waals surface area (Å²) in [5, 5.41) is 10.3. The molecule has 0 unspecified atom stereocenters. The third-order valence-corrected chi connectivity index (χ3v) is 2.05. The van der Waals surface area contributed by atoms with Gasteiger partial charge in [-0.15, -0.1) is 0 Å². The number of rotatable bonds is 1. The molecule has 0 aliphatic heterocycles. The van der Waals surface area contributed by atoms with E-state index in [9.17, 15) is 10.1 Å². The zero-order chi connectivity index (χ0) is 8.43. The van der Waals surface area contributed by atoms with Crippen molar-refractivity contribution in [1.82, 2.24) is 0 Å². The number of allylic oxidation sites excluding steroid dienone is 4. The first kappa shape index (κ1) is 7.98. The summed E-state index contributed by atoms with van der Waals surface area (Å²) >= 11 is 0. The highest BCUT2D eigenvalue weighted by Gasteiger charge is 2.15. The van der Waals surface area contributed by atoms with E-state index >= 15 is 0 Å². The second-order valence-electron chi connectivity index (χ2n) is 2.86. The molecule has 0 N–H and O–H groups in total. The molecule has 0 saturated heterocycles. The summed E-state index contributed by atoms with van der Waals surface area (Å²) in [5.74, 6) is 0. The van der Waals surface area contributed by atoms with Gasteiger partial charge in [-0.1, -0.05) is 5.57 Å². The Labute approximate surface area is 65.6 Å². The average Bonchev–Trinajstić information content (AvgIpc) is 1.94. The third-order valence-electron chi connectivity index (χ3n) is 2.05. The molecule has 0 bridgehead atoms. The van der Waals surface area contributed by atoms with Gasteiger partial charge in [-0.05, 0) is 25.8 Å². The molecule has 0 saturated carbocycles. The van der Waals surface area contributed by atoms with E-state index in [0.717, 1.165) is 12.0 Å². The van der Waals surface area contributed by atoms with Crippen molar-refractivity contribution in [3.05, 3.63) is 33.0 Å². The van der Waals surface area contributed by atoms with E-state index < -0.39 is 0 Å². The molecule has 0 atom stereocenters. The highest BCUT2D eigenvalue weighted by molar-refractivity contribution is 5.28. The normalized spacial score (nSPS) is 18.2. The van der Waals surface area contributed by atoms with E-state index in [4.69, 9.17) is 0 Å². The van der Waals surface area contributed by atoms with Crippen LogP contribution in [-0.2, 0) is 0 Å². The quantitative estimate of drug-likeness (QED) is 0.428. The van der Waals surface area contributed by atoms with Crippen LogP contribution < -0.4 is 0 Å². The molecule has 60 valence electrons. The van der Waals surface area contributed by atoms with Crippen LogP contribution in [0.25, 0.3) is 0 Å². The summed E-state index contributed by atoms with van der Waals surface area (Å²) < 4.78 is 0. The second-order valence-corrected chi connectivity index (χ2v) is 2.86. The topological polar surface area (TPSA) is 43.1 Å². The zero-order valence-electron chi connectivity index (χ0n) is 6.76. The maximum absolute atomic E-state index is 10.3. The van der Waals surface area contributed by atoms with Crippen LogP contribution in [0.3, 0.4) is 0 Å². The molecule has 3 nitrogen and oxygen atoms in total. The Hall–Kier alpha value is -1.12. The van der Waals surface area contributed by atoms with Gasteiger partial charge in [-0.2, -0.15) is 0 Å².